The van der Waals surface area contributed by atoms with Crippen LogP contribution in [0.15, 0.2) is 30.6 Å². The third-order valence-electron chi connectivity index (χ3n) is 2.41. The summed E-state index contributed by atoms with van der Waals surface area (Å²) in [6.45, 7) is 2.78. The van der Waals surface area contributed by atoms with E-state index in [9.17, 15) is 8.78 Å². The van der Waals surface area contributed by atoms with Crippen molar-refractivity contribution < 1.29 is 8.78 Å². The second-order valence-corrected chi connectivity index (χ2v) is 3.94. The number of para-hydroxylation sites is 1. The Morgan fingerprint density at radius 2 is 1.79 bits per heavy atom. The molecule has 0 saturated carbocycles. The number of nitrogens with zero attached hydrogens (tertiary/aromatic N) is 2. The van der Waals surface area contributed by atoms with Crippen molar-refractivity contribution in [2.45, 2.75) is 13.3 Å². The first-order chi connectivity index (χ1) is 9.20. The van der Waals surface area contributed by atoms with Crippen LogP contribution in [0, 0.1) is 11.6 Å². The van der Waals surface area contributed by atoms with Crippen LogP contribution in [0.2, 0.25) is 0 Å². The van der Waals surface area contributed by atoms with Crippen molar-refractivity contribution in [1.29, 1.82) is 0 Å². The van der Waals surface area contributed by atoms with Gasteiger partial charge < -0.3 is 10.6 Å². The number of benzene rings is 1. The summed E-state index contributed by atoms with van der Waals surface area (Å²) >= 11 is 0. The highest BCUT2D eigenvalue weighted by Gasteiger charge is 2.09. The SMILES string of the molecule is CCCNc1cncc(Nc2c(F)cccc2F)n1. The molecule has 2 N–H and O–H groups in total. The minimum Gasteiger partial charge on any atom is -0.369 e. The summed E-state index contributed by atoms with van der Waals surface area (Å²) in [5.74, 6) is -0.504. The molecular formula is C13H14F2N4. The number of aromatic nitrogens is 2. The summed E-state index contributed by atoms with van der Waals surface area (Å²) in [6.07, 6.45) is 3.91. The highest BCUT2D eigenvalue weighted by atomic mass is 19.1. The van der Waals surface area contributed by atoms with Gasteiger partial charge in [-0.15, -0.1) is 0 Å². The van der Waals surface area contributed by atoms with Gasteiger partial charge in [-0.05, 0) is 18.6 Å². The molecule has 0 fully saturated rings. The van der Waals surface area contributed by atoms with Gasteiger partial charge in [-0.25, -0.2) is 13.8 Å². The van der Waals surface area contributed by atoms with Gasteiger partial charge in [-0.1, -0.05) is 13.0 Å². The molecule has 0 radical (unpaired) electrons. The first-order valence-corrected chi connectivity index (χ1v) is 5.97. The molecule has 1 heterocycles. The van der Waals surface area contributed by atoms with Crippen LogP contribution in [0.1, 0.15) is 13.3 Å². The molecule has 4 nitrogen and oxygen atoms in total. The van der Waals surface area contributed by atoms with E-state index in [1.54, 1.807) is 6.20 Å². The maximum atomic E-state index is 13.5. The van der Waals surface area contributed by atoms with Crippen LogP contribution in [0.3, 0.4) is 0 Å². The van der Waals surface area contributed by atoms with Gasteiger partial charge >= 0.3 is 0 Å². The molecule has 2 aromatic rings. The quantitative estimate of drug-likeness (QED) is 0.869. The van der Waals surface area contributed by atoms with Gasteiger partial charge in [-0.3, -0.25) is 4.98 Å². The molecule has 19 heavy (non-hydrogen) atoms. The van der Waals surface area contributed by atoms with Crippen molar-refractivity contribution in [1.82, 2.24) is 9.97 Å². The average Bonchev–Trinajstić information content (AvgIpc) is 2.41. The summed E-state index contributed by atoms with van der Waals surface area (Å²) in [7, 11) is 0. The fraction of sp³-hybridized carbons (Fsp3) is 0.231. The van der Waals surface area contributed by atoms with Gasteiger partial charge in [0.25, 0.3) is 0 Å². The smallest absolute Gasteiger partial charge is 0.151 e. The van der Waals surface area contributed by atoms with Crippen molar-refractivity contribution >= 4 is 17.3 Å². The molecular weight excluding hydrogens is 250 g/mol. The second kappa shape index (κ2) is 6.08. The molecule has 0 saturated heterocycles. The molecule has 1 aromatic heterocycles. The van der Waals surface area contributed by atoms with Crippen molar-refractivity contribution in [2.75, 3.05) is 17.2 Å². The summed E-state index contributed by atoms with van der Waals surface area (Å²) in [4.78, 5) is 8.13. The monoisotopic (exact) mass is 264 g/mol. The highest BCUT2D eigenvalue weighted by molar-refractivity contribution is 5.58. The average molecular weight is 264 g/mol. The molecule has 0 aliphatic carbocycles. The Morgan fingerprint density at radius 1 is 1.11 bits per heavy atom. The van der Waals surface area contributed by atoms with Crippen molar-refractivity contribution in [3.8, 4) is 0 Å². The lowest BCUT2D eigenvalue weighted by molar-refractivity contribution is 0.590. The number of hydrogen-bond acceptors (Lipinski definition) is 4. The lowest BCUT2D eigenvalue weighted by Crippen LogP contribution is -2.05. The summed E-state index contributed by atoms with van der Waals surface area (Å²) < 4.78 is 26.9. The molecule has 0 bridgehead atoms. The van der Waals surface area contributed by atoms with Gasteiger partial charge in [0.15, 0.2) is 5.82 Å². The first kappa shape index (κ1) is 13.2. The zero-order chi connectivity index (χ0) is 13.7. The van der Waals surface area contributed by atoms with Crippen molar-refractivity contribution in [3.05, 3.63) is 42.2 Å². The third kappa shape index (κ3) is 3.37. The normalized spacial score (nSPS) is 10.3. The van der Waals surface area contributed by atoms with Crippen LogP contribution in [0.5, 0.6) is 0 Å². The van der Waals surface area contributed by atoms with E-state index < -0.39 is 11.6 Å². The van der Waals surface area contributed by atoms with Gasteiger partial charge in [0, 0.05) is 6.54 Å². The molecule has 100 valence electrons. The topological polar surface area (TPSA) is 49.8 Å². The Hall–Kier alpha value is -2.24. The fourth-order valence-corrected chi connectivity index (χ4v) is 1.51. The van der Waals surface area contributed by atoms with E-state index in [4.69, 9.17) is 0 Å². The van der Waals surface area contributed by atoms with E-state index in [0.29, 0.717) is 5.82 Å². The van der Waals surface area contributed by atoms with Crippen molar-refractivity contribution in [3.63, 3.8) is 0 Å². The number of anilines is 3. The first-order valence-electron chi connectivity index (χ1n) is 5.97. The lowest BCUT2D eigenvalue weighted by Gasteiger charge is -2.09. The molecule has 0 unspecified atom stereocenters. The highest BCUT2D eigenvalue weighted by Crippen LogP contribution is 2.22. The number of halogens is 2. The van der Waals surface area contributed by atoms with Crippen LogP contribution in [-0.4, -0.2) is 16.5 Å². The van der Waals surface area contributed by atoms with E-state index in [-0.39, 0.29) is 11.5 Å². The molecule has 0 aliphatic rings. The standard InChI is InChI=1S/C13H14F2N4/c1-2-6-17-11-7-16-8-12(18-11)19-13-9(14)4-3-5-10(13)15/h3-5,7-8H,2,6H2,1H3,(H2,17,18,19). The van der Waals surface area contributed by atoms with Gasteiger partial charge in [0.1, 0.15) is 23.1 Å². The maximum absolute atomic E-state index is 13.5. The predicted octanol–water partition coefficient (Wildman–Crippen LogP) is 3.32. The van der Waals surface area contributed by atoms with E-state index in [0.717, 1.165) is 13.0 Å². The summed E-state index contributed by atoms with van der Waals surface area (Å²) in [5.41, 5.74) is -0.232. The largest absolute Gasteiger partial charge is 0.369 e. The Kier molecular flexibility index (Phi) is 4.22. The van der Waals surface area contributed by atoms with Gasteiger partial charge in [0.2, 0.25) is 0 Å². The molecule has 2 rings (SSSR count). The third-order valence-corrected chi connectivity index (χ3v) is 2.41. The van der Waals surface area contributed by atoms with Crippen LogP contribution >= 0.6 is 0 Å². The molecule has 0 aliphatic heterocycles. The van der Waals surface area contributed by atoms with E-state index >= 15 is 0 Å². The van der Waals surface area contributed by atoms with Gasteiger partial charge in [0.05, 0.1) is 12.4 Å². The molecule has 0 atom stereocenters. The lowest BCUT2D eigenvalue weighted by atomic mass is 10.3. The van der Waals surface area contributed by atoms with Crippen LogP contribution in [0.25, 0.3) is 0 Å². The van der Waals surface area contributed by atoms with Gasteiger partial charge in [-0.2, -0.15) is 0 Å². The Balaban J connectivity index is 2.19. The number of rotatable bonds is 5. The fourth-order valence-electron chi connectivity index (χ4n) is 1.51. The molecule has 1 aromatic carbocycles. The maximum Gasteiger partial charge on any atom is 0.151 e. The minimum atomic E-state index is -0.672. The van der Waals surface area contributed by atoms with Crippen LogP contribution in [0.4, 0.5) is 26.1 Å². The van der Waals surface area contributed by atoms with Crippen molar-refractivity contribution in [2.24, 2.45) is 0 Å². The summed E-state index contributed by atoms with van der Waals surface area (Å²) in [5, 5.41) is 5.64. The Labute approximate surface area is 109 Å². The molecule has 0 spiro atoms. The Bertz CT molecular complexity index is 540. The van der Waals surface area contributed by atoms with E-state index in [1.807, 2.05) is 6.92 Å². The zero-order valence-electron chi connectivity index (χ0n) is 10.5. The van der Waals surface area contributed by atoms with E-state index in [2.05, 4.69) is 20.6 Å². The summed E-state index contributed by atoms with van der Waals surface area (Å²) in [6, 6.07) is 3.66. The predicted molar refractivity (Wildman–Crippen MR) is 70.5 cm³/mol. The van der Waals surface area contributed by atoms with Crippen LogP contribution in [-0.2, 0) is 0 Å². The Morgan fingerprint density at radius 3 is 2.47 bits per heavy atom. The zero-order valence-corrected chi connectivity index (χ0v) is 10.5. The van der Waals surface area contributed by atoms with Crippen LogP contribution < -0.4 is 10.6 Å². The number of hydrogen-bond donors (Lipinski definition) is 2. The number of nitrogens with one attached hydrogen (secondary N) is 2. The van der Waals surface area contributed by atoms with E-state index in [1.165, 1.54) is 24.4 Å². The minimum absolute atomic E-state index is 0.232. The second-order valence-electron chi connectivity index (χ2n) is 3.94. The molecule has 6 heteroatoms. The molecule has 0 amide bonds.